The van der Waals surface area contributed by atoms with E-state index in [1.165, 1.54) is 12.8 Å². The predicted octanol–water partition coefficient (Wildman–Crippen LogP) is 5.92. The number of likely N-dealkylation sites (tertiary alicyclic amines) is 1. The molecule has 3 aromatic rings. The third-order valence-electron chi connectivity index (χ3n) is 7.09. The van der Waals surface area contributed by atoms with Gasteiger partial charge in [0.05, 0.1) is 0 Å². The molecule has 6 nitrogen and oxygen atoms in total. The SMILES string of the molecule is CN(CC1CCCN1C(=O)c1ccc(-c2cnc(N)c(OCc3c(Cl)cccc3Cl)c2)cc1)C1CC1. The fraction of sp³-hybridized carbons (Fsp3) is 0.357. The van der Waals surface area contributed by atoms with E-state index in [1.807, 2.05) is 35.2 Å². The number of benzene rings is 2. The van der Waals surface area contributed by atoms with Crippen LogP contribution in [0.25, 0.3) is 11.1 Å². The summed E-state index contributed by atoms with van der Waals surface area (Å²) < 4.78 is 5.92. The van der Waals surface area contributed by atoms with Gasteiger partial charge in [0, 0.05) is 58.1 Å². The number of aromatic nitrogens is 1. The van der Waals surface area contributed by atoms with Crippen molar-refractivity contribution in [2.45, 2.75) is 44.4 Å². The van der Waals surface area contributed by atoms with E-state index in [0.717, 1.165) is 37.1 Å². The molecular weight excluding hydrogens is 495 g/mol. The number of pyridine rings is 1. The Morgan fingerprint density at radius 2 is 1.83 bits per heavy atom. The largest absolute Gasteiger partial charge is 0.485 e. The number of nitrogen functional groups attached to an aromatic ring is 1. The molecular formula is C28H30Cl2N4O2. The zero-order valence-corrected chi connectivity index (χ0v) is 21.8. The topological polar surface area (TPSA) is 71.7 Å². The van der Waals surface area contributed by atoms with Gasteiger partial charge in [-0.2, -0.15) is 0 Å². The number of nitrogens with zero attached hydrogens (tertiary/aromatic N) is 3. The Kier molecular flexibility index (Phi) is 7.37. The molecule has 1 saturated heterocycles. The van der Waals surface area contributed by atoms with E-state index in [9.17, 15) is 4.79 Å². The van der Waals surface area contributed by atoms with Crippen LogP contribution in [0.1, 0.15) is 41.6 Å². The summed E-state index contributed by atoms with van der Waals surface area (Å²) in [4.78, 5) is 22.0. The Morgan fingerprint density at radius 1 is 1.11 bits per heavy atom. The van der Waals surface area contributed by atoms with Gasteiger partial charge in [0.1, 0.15) is 6.61 Å². The minimum absolute atomic E-state index is 0.101. The predicted molar refractivity (Wildman–Crippen MR) is 145 cm³/mol. The lowest BCUT2D eigenvalue weighted by Gasteiger charge is -2.29. The first-order valence-corrected chi connectivity index (χ1v) is 13.1. The van der Waals surface area contributed by atoms with Crippen molar-refractivity contribution in [2.24, 2.45) is 0 Å². The molecule has 2 N–H and O–H groups in total. The van der Waals surface area contributed by atoms with Gasteiger partial charge in [-0.15, -0.1) is 0 Å². The molecule has 2 heterocycles. The number of carbonyl (C=O) groups is 1. The quantitative estimate of drug-likeness (QED) is 0.396. The van der Waals surface area contributed by atoms with Crippen LogP contribution < -0.4 is 10.5 Å². The maximum atomic E-state index is 13.3. The number of ether oxygens (including phenoxy) is 1. The number of nitrogens with two attached hydrogens (primary N) is 1. The lowest BCUT2D eigenvalue weighted by Crippen LogP contribution is -2.42. The average molecular weight is 525 g/mol. The van der Waals surface area contributed by atoms with E-state index < -0.39 is 0 Å². The van der Waals surface area contributed by atoms with Gasteiger partial charge in [0.2, 0.25) is 0 Å². The summed E-state index contributed by atoms with van der Waals surface area (Å²) in [6.45, 7) is 1.95. The van der Waals surface area contributed by atoms with Gasteiger partial charge in [-0.1, -0.05) is 41.4 Å². The number of likely N-dealkylation sites (N-methyl/N-ethyl adjacent to an activating group) is 1. The minimum atomic E-state index is 0.101. The van der Waals surface area contributed by atoms with Crippen LogP contribution in [0.3, 0.4) is 0 Å². The second kappa shape index (κ2) is 10.7. The summed E-state index contributed by atoms with van der Waals surface area (Å²) >= 11 is 12.5. The molecule has 2 aliphatic rings. The molecule has 1 amide bonds. The number of amides is 1. The summed E-state index contributed by atoms with van der Waals surface area (Å²) in [6, 6.07) is 15.8. The summed E-state index contributed by atoms with van der Waals surface area (Å²) in [6.07, 6.45) is 6.39. The molecule has 0 spiro atoms. The van der Waals surface area contributed by atoms with Gasteiger partial charge in [0.15, 0.2) is 11.6 Å². The molecule has 5 rings (SSSR count). The molecule has 2 fully saturated rings. The lowest BCUT2D eigenvalue weighted by atomic mass is 10.0. The fourth-order valence-electron chi connectivity index (χ4n) is 4.81. The zero-order chi connectivity index (χ0) is 25.2. The summed E-state index contributed by atoms with van der Waals surface area (Å²) in [5, 5.41) is 1.06. The Bertz CT molecular complexity index is 1230. The average Bonchev–Trinajstić information content (AvgIpc) is 3.64. The van der Waals surface area contributed by atoms with Gasteiger partial charge < -0.3 is 20.3 Å². The smallest absolute Gasteiger partial charge is 0.254 e. The molecule has 1 atom stereocenters. The summed E-state index contributed by atoms with van der Waals surface area (Å²) in [5.74, 6) is 0.831. The van der Waals surface area contributed by atoms with Gasteiger partial charge >= 0.3 is 0 Å². The maximum absolute atomic E-state index is 13.3. The highest BCUT2D eigenvalue weighted by Crippen LogP contribution is 2.31. The third-order valence-corrected chi connectivity index (χ3v) is 7.80. The van der Waals surface area contributed by atoms with E-state index >= 15 is 0 Å². The van der Waals surface area contributed by atoms with Crippen molar-refractivity contribution in [2.75, 3.05) is 25.9 Å². The zero-order valence-electron chi connectivity index (χ0n) is 20.3. The first kappa shape index (κ1) is 24.9. The lowest BCUT2D eigenvalue weighted by molar-refractivity contribution is 0.0707. The summed E-state index contributed by atoms with van der Waals surface area (Å²) in [5.41, 5.74) is 9.21. The van der Waals surface area contributed by atoms with Crippen molar-refractivity contribution in [3.63, 3.8) is 0 Å². The third kappa shape index (κ3) is 5.46. The number of anilines is 1. The minimum Gasteiger partial charge on any atom is -0.485 e. The van der Waals surface area contributed by atoms with Crippen molar-refractivity contribution in [3.05, 3.63) is 75.9 Å². The maximum Gasteiger partial charge on any atom is 0.254 e. The van der Waals surface area contributed by atoms with Gasteiger partial charge in [-0.3, -0.25) is 4.79 Å². The number of carbonyl (C=O) groups excluding carboxylic acids is 1. The highest BCUT2D eigenvalue weighted by molar-refractivity contribution is 6.35. The van der Waals surface area contributed by atoms with E-state index in [-0.39, 0.29) is 24.4 Å². The van der Waals surface area contributed by atoms with Crippen molar-refractivity contribution in [3.8, 4) is 16.9 Å². The molecule has 1 aromatic heterocycles. The highest BCUT2D eigenvalue weighted by Gasteiger charge is 2.34. The van der Waals surface area contributed by atoms with Crippen LogP contribution in [-0.2, 0) is 6.61 Å². The van der Waals surface area contributed by atoms with Crippen LogP contribution in [0.15, 0.2) is 54.7 Å². The molecule has 1 saturated carbocycles. The van der Waals surface area contributed by atoms with Crippen LogP contribution in [0.4, 0.5) is 5.82 Å². The van der Waals surface area contributed by atoms with Gasteiger partial charge in [0.25, 0.3) is 5.91 Å². The molecule has 0 bridgehead atoms. The van der Waals surface area contributed by atoms with Crippen LogP contribution in [0, 0.1) is 0 Å². The van der Waals surface area contributed by atoms with Crippen LogP contribution in [0.2, 0.25) is 10.0 Å². The molecule has 8 heteroatoms. The molecule has 188 valence electrons. The van der Waals surface area contributed by atoms with E-state index in [4.69, 9.17) is 33.7 Å². The number of rotatable bonds is 8. The van der Waals surface area contributed by atoms with Crippen LogP contribution in [-0.4, -0.2) is 52.9 Å². The first-order chi connectivity index (χ1) is 17.4. The summed E-state index contributed by atoms with van der Waals surface area (Å²) in [7, 11) is 2.18. The van der Waals surface area contributed by atoms with Crippen molar-refractivity contribution in [1.82, 2.24) is 14.8 Å². The molecule has 1 aliphatic heterocycles. The van der Waals surface area contributed by atoms with Gasteiger partial charge in [-0.05, 0) is 68.6 Å². The molecule has 1 unspecified atom stereocenters. The first-order valence-electron chi connectivity index (χ1n) is 12.3. The van der Waals surface area contributed by atoms with Crippen molar-refractivity contribution >= 4 is 34.9 Å². The van der Waals surface area contributed by atoms with Crippen molar-refractivity contribution < 1.29 is 9.53 Å². The Labute approximate surface area is 222 Å². The van der Waals surface area contributed by atoms with E-state index in [1.54, 1.807) is 24.4 Å². The van der Waals surface area contributed by atoms with Crippen LogP contribution >= 0.6 is 23.2 Å². The second-order valence-corrected chi connectivity index (χ2v) is 10.5. The number of hydrogen-bond donors (Lipinski definition) is 1. The highest BCUT2D eigenvalue weighted by atomic mass is 35.5. The van der Waals surface area contributed by atoms with Crippen LogP contribution in [0.5, 0.6) is 5.75 Å². The monoisotopic (exact) mass is 524 g/mol. The van der Waals surface area contributed by atoms with E-state index in [2.05, 4.69) is 16.9 Å². The molecule has 1 aliphatic carbocycles. The standard InChI is InChI=1S/C28H30Cl2N4O2/c1-33(21-11-12-21)16-22-4-3-13-34(22)28(35)19-9-7-18(8-10-19)20-14-26(27(31)32-15-20)36-17-23-24(29)5-2-6-25(23)30/h2,5-10,14-15,21-22H,3-4,11-13,16-17H2,1H3,(H2,31,32). The van der Waals surface area contributed by atoms with E-state index in [0.29, 0.717) is 33.0 Å². The van der Waals surface area contributed by atoms with Gasteiger partial charge in [-0.25, -0.2) is 4.98 Å². The molecule has 36 heavy (non-hydrogen) atoms. The Balaban J connectivity index is 1.28. The number of halogens is 2. The Hall–Kier alpha value is -2.80. The molecule has 2 aromatic carbocycles. The normalized spacial score (nSPS) is 17.6. The molecule has 0 radical (unpaired) electrons. The number of hydrogen-bond acceptors (Lipinski definition) is 5. The second-order valence-electron chi connectivity index (χ2n) is 9.64. The Morgan fingerprint density at radius 3 is 2.53 bits per heavy atom. The fourth-order valence-corrected chi connectivity index (χ4v) is 5.32. The van der Waals surface area contributed by atoms with Crippen molar-refractivity contribution in [1.29, 1.82) is 0 Å².